The van der Waals surface area contributed by atoms with Crippen LogP contribution >= 0.6 is 0 Å². The molecular weight excluding hydrogens is 434 g/mol. The average molecular weight is 469 g/mol. The molecule has 0 atom stereocenters. The van der Waals surface area contributed by atoms with Crippen LogP contribution in [0.1, 0.15) is 71.8 Å². The molecular formula is C22H35FO2Sn. The molecule has 0 radical (unpaired) electrons. The van der Waals surface area contributed by atoms with Crippen LogP contribution in [0.25, 0.3) is 6.08 Å². The third kappa shape index (κ3) is 13.4. The molecule has 0 saturated carbocycles. The Morgan fingerprint density at radius 3 is 1.73 bits per heavy atom. The van der Waals surface area contributed by atoms with Gasteiger partial charge in [-0.15, -0.1) is 0 Å². The van der Waals surface area contributed by atoms with Gasteiger partial charge in [-0.2, -0.15) is 0 Å². The molecule has 0 spiro atoms. The summed E-state index contributed by atoms with van der Waals surface area (Å²) in [6.45, 7) is 8.43. The maximum atomic E-state index is 12.4. The van der Waals surface area contributed by atoms with Crippen molar-refractivity contribution in [2.75, 3.05) is 0 Å². The van der Waals surface area contributed by atoms with Crippen LogP contribution in [-0.2, 0) is 4.79 Å². The van der Waals surface area contributed by atoms with E-state index in [4.69, 9.17) is 0 Å². The Kier molecular flexibility index (Phi) is 15.8. The zero-order chi connectivity index (χ0) is 19.8. The number of carboxylic acids is 1. The molecule has 1 rings (SSSR count). The van der Waals surface area contributed by atoms with Gasteiger partial charge in [-0.25, -0.2) is 4.39 Å². The SMILES string of the molecule is C/C(=C\c1ccc(F)cc1)C(=O)[O-].CCC[CH2][Sn+]([CH2]CCC)[CH2]CCC. The Morgan fingerprint density at radius 2 is 1.38 bits per heavy atom. The van der Waals surface area contributed by atoms with Crippen molar-refractivity contribution >= 4 is 31.8 Å². The Bertz CT molecular complexity index is 492. The van der Waals surface area contributed by atoms with Crippen molar-refractivity contribution in [3.05, 3.63) is 41.2 Å². The second-order valence-electron chi connectivity index (χ2n) is 6.73. The van der Waals surface area contributed by atoms with E-state index in [1.165, 1.54) is 75.8 Å². The van der Waals surface area contributed by atoms with E-state index in [0.29, 0.717) is 5.56 Å². The molecule has 26 heavy (non-hydrogen) atoms. The predicted molar refractivity (Wildman–Crippen MR) is 110 cm³/mol. The fraction of sp³-hybridized carbons (Fsp3) is 0.591. The van der Waals surface area contributed by atoms with Crippen molar-refractivity contribution < 1.29 is 14.3 Å². The van der Waals surface area contributed by atoms with E-state index in [9.17, 15) is 14.3 Å². The van der Waals surface area contributed by atoms with Crippen LogP contribution < -0.4 is 5.11 Å². The molecule has 146 valence electrons. The summed E-state index contributed by atoms with van der Waals surface area (Å²) in [5.74, 6) is -1.56. The quantitative estimate of drug-likeness (QED) is 0.301. The van der Waals surface area contributed by atoms with E-state index < -0.39 is 25.7 Å². The fourth-order valence-electron chi connectivity index (χ4n) is 2.52. The molecule has 0 heterocycles. The van der Waals surface area contributed by atoms with Gasteiger partial charge in [0.05, 0.1) is 5.97 Å². The summed E-state index contributed by atoms with van der Waals surface area (Å²) in [5.41, 5.74) is 0.759. The van der Waals surface area contributed by atoms with Crippen LogP contribution in [0, 0.1) is 5.82 Å². The van der Waals surface area contributed by atoms with E-state index in [2.05, 4.69) is 20.8 Å². The molecule has 0 saturated heterocycles. The van der Waals surface area contributed by atoms with E-state index in [0.717, 1.165) is 0 Å². The van der Waals surface area contributed by atoms with Crippen LogP contribution in [0.5, 0.6) is 0 Å². The summed E-state index contributed by atoms with van der Waals surface area (Å²) < 4.78 is 17.5. The summed E-state index contributed by atoms with van der Waals surface area (Å²) in [6, 6.07) is 5.55. The summed E-state index contributed by atoms with van der Waals surface area (Å²) in [6.07, 6.45) is 10.3. The summed E-state index contributed by atoms with van der Waals surface area (Å²) in [7, 11) is 0. The van der Waals surface area contributed by atoms with E-state index >= 15 is 0 Å². The minimum atomic E-state index is -1.22. The number of rotatable bonds is 11. The molecule has 1 aromatic rings. The fourth-order valence-corrected chi connectivity index (χ4v) is 12.0. The maximum absolute atomic E-state index is 12.4. The van der Waals surface area contributed by atoms with Crippen molar-refractivity contribution in [1.82, 2.24) is 0 Å². The first-order chi connectivity index (χ1) is 12.4. The van der Waals surface area contributed by atoms with Crippen molar-refractivity contribution in [3.8, 4) is 0 Å². The number of carbonyl (C=O) groups is 1. The monoisotopic (exact) mass is 470 g/mol. The van der Waals surface area contributed by atoms with Crippen molar-refractivity contribution in [1.29, 1.82) is 0 Å². The number of carboxylic acid groups (broad SMARTS) is 1. The van der Waals surface area contributed by atoms with Gasteiger partial charge >= 0.3 is 92.4 Å². The Labute approximate surface area is 166 Å². The minimum absolute atomic E-state index is 0.117. The first kappa shape index (κ1) is 25.2. The number of hydrogen-bond donors (Lipinski definition) is 0. The molecule has 1 aromatic carbocycles. The van der Waals surface area contributed by atoms with Crippen LogP contribution in [0.2, 0.25) is 13.3 Å². The van der Waals surface area contributed by atoms with Gasteiger partial charge < -0.3 is 9.90 Å². The number of hydrogen-bond acceptors (Lipinski definition) is 2. The number of benzene rings is 1. The molecule has 0 unspecified atom stereocenters. The van der Waals surface area contributed by atoms with Gasteiger partial charge in [0.15, 0.2) is 0 Å². The zero-order valence-corrected chi connectivity index (χ0v) is 19.8. The molecule has 0 aliphatic carbocycles. The molecule has 0 aliphatic heterocycles. The van der Waals surface area contributed by atoms with E-state index in [-0.39, 0.29) is 11.4 Å². The van der Waals surface area contributed by atoms with Crippen LogP contribution in [-0.4, -0.2) is 25.7 Å². The summed E-state index contributed by atoms with van der Waals surface area (Å²) >= 11 is -0.839. The topological polar surface area (TPSA) is 40.1 Å². The average Bonchev–Trinajstić information content (AvgIpc) is 2.63. The number of carbonyl (C=O) groups excluding carboxylic acids is 1. The molecule has 4 heteroatoms. The number of halogens is 1. The Balaban J connectivity index is 0.000000481. The van der Waals surface area contributed by atoms with Gasteiger partial charge in [0.25, 0.3) is 0 Å². The normalized spacial score (nSPS) is 10.9. The second-order valence-corrected chi connectivity index (χ2v) is 15.3. The van der Waals surface area contributed by atoms with E-state index in [1.807, 2.05) is 0 Å². The Morgan fingerprint density at radius 1 is 0.962 bits per heavy atom. The molecule has 0 aliphatic rings. The molecule has 0 aromatic heterocycles. The van der Waals surface area contributed by atoms with Crippen molar-refractivity contribution in [3.63, 3.8) is 0 Å². The van der Waals surface area contributed by atoms with E-state index in [1.54, 1.807) is 13.3 Å². The third-order valence-corrected chi connectivity index (χ3v) is 13.3. The summed E-state index contributed by atoms with van der Waals surface area (Å²) in [4.78, 5) is 10.3. The Hall–Kier alpha value is -0.841. The molecule has 0 N–H and O–H groups in total. The van der Waals surface area contributed by atoms with Gasteiger partial charge in [0.2, 0.25) is 0 Å². The van der Waals surface area contributed by atoms with Gasteiger partial charge in [-0.3, -0.25) is 0 Å². The number of aliphatic carboxylic acids is 1. The van der Waals surface area contributed by atoms with Gasteiger partial charge in [-0.1, -0.05) is 18.2 Å². The standard InChI is InChI=1S/C10H9FO2.3C4H9.Sn/c1-7(10(12)13)6-8-2-4-9(11)5-3-8;3*1-3-4-2;/h2-6H,1H3,(H,12,13);3*1,3-4H2,2H3;/q;;;;+1/p-1/b7-6+;;;;. The third-order valence-electron chi connectivity index (χ3n) is 4.23. The predicted octanol–water partition coefficient (Wildman–Crippen LogP) is 5.86. The van der Waals surface area contributed by atoms with Crippen LogP contribution in [0.15, 0.2) is 29.8 Å². The molecule has 2 nitrogen and oxygen atoms in total. The zero-order valence-electron chi connectivity index (χ0n) is 16.9. The van der Waals surface area contributed by atoms with Crippen LogP contribution in [0.4, 0.5) is 4.39 Å². The first-order valence-corrected chi connectivity index (χ1v) is 16.0. The second kappa shape index (κ2) is 16.3. The number of unbranched alkanes of at least 4 members (excludes halogenated alkanes) is 3. The molecule has 0 bridgehead atoms. The molecule has 0 amide bonds. The molecule has 0 fully saturated rings. The first-order valence-electron chi connectivity index (χ1n) is 9.93. The van der Waals surface area contributed by atoms with Gasteiger partial charge in [0.1, 0.15) is 5.82 Å². The summed E-state index contributed by atoms with van der Waals surface area (Å²) in [5, 5.41) is 10.3. The van der Waals surface area contributed by atoms with Crippen LogP contribution in [0.3, 0.4) is 0 Å². The van der Waals surface area contributed by atoms with Gasteiger partial charge in [-0.05, 0) is 30.2 Å². The van der Waals surface area contributed by atoms with Crippen molar-refractivity contribution in [2.24, 2.45) is 0 Å². The van der Waals surface area contributed by atoms with Gasteiger partial charge in [0, 0.05) is 0 Å². The van der Waals surface area contributed by atoms with Crippen molar-refractivity contribution in [2.45, 2.75) is 79.5 Å².